The fraction of sp³-hybridized carbons (Fsp3) is 0.500. The lowest BCUT2D eigenvalue weighted by Crippen LogP contribution is -2.17. The third kappa shape index (κ3) is 3.65. The van der Waals surface area contributed by atoms with Crippen LogP contribution in [0.5, 0.6) is 0 Å². The molecule has 28 heavy (non-hydrogen) atoms. The fourth-order valence-electron chi connectivity index (χ4n) is 4.11. The SMILES string of the molecule is CN(C)c1ccc(NC(=O)c2nn([C@@H]3CCS(=O)(=O)C3)c3c2CCCC3)cc1. The van der Waals surface area contributed by atoms with Crippen LogP contribution in [-0.2, 0) is 22.7 Å². The van der Waals surface area contributed by atoms with E-state index in [2.05, 4.69) is 10.4 Å². The van der Waals surface area contributed by atoms with Crippen LogP contribution in [0.15, 0.2) is 24.3 Å². The molecule has 1 N–H and O–H groups in total. The monoisotopic (exact) mass is 402 g/mol. The van der Waals surface area contributed by atoms with Crippen LogP contribution in [0.25, 0.3) is 0 Å². The fourth-order valence-corrected chi connectivity index (χ4v) is 5.80. The van der Waals surface area contributed by atoms with Crippen LogP contribution < -0.4 is 10.2 Å². The molecule has 7 nitrogen and oxygen atoms in total. The van der Waals surface area contributed by atoms with Gasteiger partial charge in [0.2, 0.25) is 0 Å². The zero-order valence-electron chi connectivity index (χ0n) is 16.3. The predicted molar refractivity (Wildman–Crippen MR) is 110 cm³/mol. The summed E-state index contributed by atoms with van der Waals surface area (Å²) in [4.78, 5) is 14.9. The highest BCUT2D eigenvalue weighted by atomic mass is 32.2. The molecular formula is C20H26N4O3S. The van der Waals surface area contributed by atoms with Crippen LogP contribution in [-0.4, -0.2) is 49.7 Å². The van der Waals surface area contributed by atoms with Crippen LogP contribution in [0.4, 0.5) is 11.4 Å². The Balaban J connectivity index is 1.61. The molecule has 2 aromatic rings. The Morgan fingerprint density at radius 3 is 2.54 bits per heavy atom. The van der Waals surface area contributed by atoms with E-state index >= 15 is 0 Å². The summed E-state index contributed by atoms with van der Waals surface area (Å²) in [7, 11) is 0.930. The Kier molecular flexibility index (Phi) is 4.91. The van der Waals surface area contributed by atoms with E-state index in [-0.39, 0.29) is 23.5 Å². The number of anilines is 2. The molecule has 1 saturated heterocycles. The first-order valence-corrected chi connectivity index (χ1v) is 11.6. The number of hydrogen-bond donors (Lipinski definition) is 1. The molecule has 8 heteroatoms. The van der Waals surface area contributed by atoms with Crippen molar-refractivity contribution in [2.45, 2.75) is 38.1 Å². The molecule has 1 fully saturated rings. The summed E-state index contributed by atoms with van der Waals surface area (Å²) in [5, 5.41) is 7.56. The lowest BCUT2D eigenvalue weighted by molar-refractivity contribution is 0.102. The molecule has 0 saturated carbocycles. The molecule has 1 amide bonds. The minimum Gasteiger partial charge on any atom is -0.378 e. The lowest BCUT2D eigenvalue weighted by atomic mass is 9.95. The van der Waals surface area contributed by atoms with E-state index in [1.54, 1.807) is 0 Å². The van der Waals surface area contributed by atoms with Gasteiger partial charge >= 0.3 is 0 Å². The number of fused-ring (bicyclic) bond motifs is 1. The van der Waals surface area contributed by atoms with Crippen molar-refractivity contribution in [2.75, 3.05) is 35.8 Å². The highest BCUT2D eigenvalue weighted by Gasteiger charge is 2.34. The van der Waals surface area contributed by atoms with Crippen molar-refractivity contribution in [2.24, 2.45) is 0 Å². The zero-order chi connectivity index (χ0) is 19.9. The molecular weight excluding hydrogens is 376 g/mol. The Labute approximate surface area is 165 Å². The van der Waals surface area contributed by atoms with E-state index < -0.39 is 9.84 Å². The van der Waals surface area contributed by atoms with Gasteiger partial charge in [0.25, 0.3) is 5.91 Å². The average molecular weight is 403 g/mol. The Bertz CT molecular complexity index is 993. The molecule has 0 radical (unpaired) electrons. The summed E-state index contributed by atoms with van der Waals surface area (Å²) >= 11 is 0. The molecule has 2 aliphatic rings. The zero-order valence-corrected chi connectivity index (χ0v) is 17.1. The summed E-state index contributed by atoms with van der Waals surface area (Å²) in [6.45, 7) is 0. The van der Waals surface area contributed by atoms with Gasteiger partial charge in [0, 0.05) is 36.7 Å². The van der Waals surface area contributed by atoms with Gasteiger partial charge in [-0.25, -0.2) is 8.42 Å². The molecule has 150 valence electrons. The predicted octanol–water partition coefficient (Wildman–Crippen LogP) is 2.44. The van der Waals surface area contributed by atoms with Crippen LogP contribution in [0.1, 0.15) is 47.1 Å². The minimum absolute atomic E-state index is 0.119. The molecule has 1 aliphatic carbocycles. The smallest absolute Gasteiger partial charge is 0.276 e. The van der Waals surface area contributed by atoms with Crippen molar-refractivity contribution in [3.8, 4) is 0 Å². The molecule has 0 spiro atoms. The maximum atomic E-state index is 12.9. The molecule has 0 bridgehead atoms. The van der Waals surface area contributed by atoms with Crippen molar-refractivity contribution in [3.63, 3.8) is 0 Å². The summed E-state index contributed by atoms with van der Waals surface area (Å²) in [6, 6.07) is 7.50. The van der Waals surface area contributed by atoms with Crippen molar-refractivity contribution in [1.29, 1.82) is 0 Å². The number of nitrogens with zero attached hydrogens (tertiary/aromatic N) is 3. The quantitative estimate of drug-likeness (QED) is 0.849. The Morgan fingerprint density at radius 1 is 1.18 bits per heavy atom. The summed E-state index contributed by atoms with van der Waals surface area (Å²) in [5.74, 6) is 0.0932. The highest BCUT2D eigenvalue weighted by Crippen LogP contribution is 2.31. The number of nitrogens with one attached hydrogen (secondary N) is 1. The van der Waals surface area contributed by atoms with Gasteiger partial charge in [0.15, 0.2) is 15.5 Å². The van der Waals surface area contributed by atoms with Crippen molar-refractivity contribution in [3.05, 3.63) is 41.2 Å². The topological polar surface area (TPSA) is 84.3 Å². The van der Waals surface area contributed by atoms with Crippen LogP contribution >= 0.6 is 0 Å². The minimum atomic E-state index is -3.01. The van der Waals surface area contributed by atoms with Gasteiger partial charge in [-0.2, -0.15) is 5.10 Å². The van der Waals surface area contributed by atoms with Gasteiger partial charge in [-0.1, -0.05) is 0 Å². The van der Waals surface area contributed by atoms with E-state index in [9.17, 15) is 13.2 Å². The molecule has 1 aromatic heterocycles. The van der Waals surface area contributed by atoms with Crippen LogP contribution in [0.2, 0.25) is 0 Å². The van der Waals surface area contributed by atoms with E-state index in [1.165, 1.54) is 0 Å². The first kappa shape index (κ1) is 19.0. The average Bonchev–Trinajstić information content (AvgIpc) is 3.22. The van der Waals surface area contributed by atoms with E-state index in [4.69, 9.17) is 0 Å². The number of aromatic nitrogens is 2. The van der Waals surface area contributed by atoms with Gasteiger partial charge in [-0.05, 0) is 56.4 Å². The highest BCUT2D eigenvalue weighted by molar-refractivity contribution is 7.91. The number of carbonyl (C=O) groups excluding carboxylic acids is 1. The van der Waals surface area contributed by atoms with Crippen molar-refractivity contribution in [1.82, 2.24) is 9.78 Å². The second-order valence-electron chi connectivity index (χ2n) is 7.88. The Hall–Kier alpha value is -2.35. The van der Waals surface area contributed by atoms with Gasteiger partial charge in [-0.15, -0.1) is 0 Å². The largest absolute Gasteiger partial charge is 0.378 e. The van der Waals surface area contributed by atoms with E-state index in [0.29, 0.717) is 12.1 Å². The van der Waals surface area contributed by atoms with Crippen LogP contribution in [0.3, 0.4) is 0 Å². The maximum absolute atomic E-state index is 12.9. The summed E-state index contributed by atoms with van der Waals surface area (Å²) < 4.78 is 25.7. The number of amides is 1. The third-order valence-corrected chi connectivity index (χ3v) is 7.37. The molecule has 4 rings (SSSR count). The van der Waals surface area contributed by atoms with Crippen molar-refractivity contribution >= 4 is 27.1 Å². The number of sulfone groups is 1. The number of rotatable bonds is 4. The second kappa shape index (κ2) is 7.24. The molecule has 1 aliphatic heterocycles. The standard InChI is InChI=1S/C20H26N4O3S/c1-23(2)15-9-7-14(8-10-15)21-20(25)19-17-5-3-4-6-18(17)24(22-19)16-11-12-28(26,27)13-16/h7-10,16H,3-6,11-13H2,1-2H3,(H,21,25)/t16-/m1/s1. The summed E-state index contributed by atoms with van der Waals surface area (Å²) in [5.41, 5.74) is 4.25. The van der Waals surface area contributed by atoms with Crippen molar-refractivity contribution < 1.29 is 13.2 Å². The number of carbonyl (C=O) groups is 1. The number of hydrogen-bond acceptors (Lipinski definition) is 5. The van der Waals surface area contributed by atoms with Gasteiger partial charge in [-0.3, -0.25) is 9.48 Å². The normalized spacial score (nSPS) is 20.6. The van der Waals surface area contributed by atoms with Gasteiger partial charge in [0.05, 0.1) is 17.5 Å². The van der Waals surface area contributed by atoms with Gasteiger partial charge in [0.1, 0.15) is 0 Å². The first-order chi connectivity index (χ1) is 13.3. The lowest BCUT2D eigenvalue weighted by Gasteiger charge is -2.17. The van der Waals surface area contributed by atoms with E-state index in [1.807, 2.05) is 47.9 Å². The summed E-state index contributed by atoms with van der Waals surface area (Å²) in [6.07, 6.45) is 4.31. The first-order valence-electron chi connectivity index (χ1n) is 9.73. The van der Waals surface area contributed by atoms with Gasteiger partial charge < -0.3 is 10.2 Å². The number of benzene rings is 1. The molecule has 1 atom stereocenters. The third-order valence-electron chi connectivity index (χ3n) is 5.62. The molecule has 0 unspecified atom stereocenters. The maximum Gasteiger partial charge on any atom is 0.276 e. The van der Waals surface area contributed by atoms with E-state index in [0.717, 1.165) is 48.3 Å². The van der Waals surface area contributed by atoms with Crippen LogP contribution in [0, 0.1) is 0 Å². The second-order valence-corrected chi connectivity index (χ2v) is 10.1. The molecule has 2 heterocycles. The molecule has 1 aromatic carbocycles. The Morgan fingerprint density at radius 2 is 1.89 bits per heavy atom.